The van der Waals surface area contributed by atoms with E-state index in [-0.39, 0.29) is 64.0 Å². The van der Waals surface area contributed by atoms with E-state index in [0.717, 1.165) is 10.8 Å². The summed E-state index contributed by atoms with van der Waals surface area (Å²) in [5.41, 5.74) is 4.07. The molecule has 1 fully saturated rings. The van der Waals surface area contributed by atoms with Crippen LogP contribution in [0.15, 0.2) is 53.3 Å². The molecule has 440 valence electrons. The Balaban J connectivity index is 1.05. The van der Waals surface area contributed by atoms with Gasteiger partial charge >= 0.3 is 23.4 Å². The van der Waals surface area contributed by atoms with Gasteiger partial charge in [-0.05, 0) is 39.3 Å². The number of aromatic hydroxyl groups is 3. The molecule has 6 heterocycles. The number of aliphatic hydroxyl groups excluding tert-OH is 2. The molecule has 2 unspecified atom stereocenters. The highest BCUT2D eigenvalue weighted by Gasteiger charge is 2.50. The molecule has 1 saturated heterocycles. The molecular weight excluding hydrogens is 1080 g/mol. The molecule has 9 N–H and O–H groups in total. The Bertz CT molecular complexity index is 3170. The summed E-state index contributed by atoms with van der Waals surface area (Å²) in [5.74, 6) is -10.3. The van der Waals surface area contributed by atoms with Gasteiger partial charge in [0.15, 0.2) is 17.4 Å². The van der Waals surface area contributed by atoms with E-state index in [1.165, 1.54) is 65.0 Å². The number of benzene rings is 2. The summed E-state index contributed by atoms with van der Waals surface area (Å²) in [6, 6.07) is 0. The largest absolute Gasteiger partial charge is 0.507 e. The van der Waals surface area contributed by atoms with Crippen molar-refractivity contribution in [3.63, 3.8) is 0 Å². The van der Waals surface area contributed by atoms with Crippen LogP contribution in [0, 0.1) is 36.4 Å². The molecule has 26 heteroatoms. The number of nitrogens with two attached hydrogens (primary N) is 1. The van der Waals surface area contributed by atoms with E-state index in [4.69, 9.17) is 34.2 Å². The topological polar surface area (TPSA) is 340 Å². The number of nitrogen functional groups attached to an aromatic ring is 1. The fraction of sp³-hybridized carbons (Fsp3) is 0.527. The number of hydrogen-bond donors (Lipinski definition) is 8. The molecule has 0 aliphatic carbocycles. The zero-order chi connectivity index (χ0) is 59.2. The Labute approximate surface area is 470 Å². The Hall–Kier alpha value is -7.10. The van der Waals surface area contributed by atoms with Crippen molar-refractivity contribution in [2.24, 2.45) is 23.7 Å². The first-order valence-corrected chi connectivity index (χ1v) is 27.5. The number of esters is 2. The number of halogens is 1. The summed E-state index contributed by atoms with van der Waals surface area (Å²) in [7, 11) is 1.42. The minimum absolute atomic E-state index is 0.0202. The van der Waals surface area contributed by atoms with Crippen molar-refractivity contribution in [1.82, 2.24) is 29.9 Å². The molecular formula is C55H71FN8O16S. The number of carbonyl (C=O) groups excluding carboxylic acids is 4. The number of allylic oxidation sites excluding steroid dienone is 2. The predicted molar refractivity (Wildman–Crippen MR) is 293 cm³/mol. The summed E-state index contributed by atoms with van der Waals surface area (Å²) in [6.45, 7) is 12.9. The molecule has 24 nitrogen and oxygen atoms in total. The number of amides is 1. The number of rotatable bonds is 15. The number of nitrogens with zero attached hydrogens (tertiary/aromatic N) is 5. The maximum absolute atomic E-state index is 14.6. The van der Waals surface area contributed by atoms with Crippen molar-refractivity contribution in [3.05, 3.63) is 87.2 Å². The van der Waals surface area contributed by atoms with Crippen LogP contribution in [0.25, 0.3) is 10.8 Å². The number of carbonyl (C=O) groups is 4. The highest BCUT2D eigenvalue weighted by Crippen LogP contribution is 2.55. The zero-order valence-electron chi connectivity index (χ0n) is 46.5. The number of ketones is 1. The number of aromatic nitrogens is 5. The molecule has 0 spiro atoms. The highest BCUT2D eigenvalue weighted by atomic mass is 32.2. The van der Waals surface area contributed by atoms with Crippen molar-refractivity contribution >= 4 is 57.7 Å². The lowest BCUT2D eigenvalue weighted by Crippen LogP contribution is -2.46. The monoisotopic (exact) mass is 1150 g/mol. The molecule has 4 aliphatic rings. The molecule has 1 amide bonds. The highest BCUT2D eigenvalue weighted by molar-refractivity contribution is 8.00. The number of phenols is 3. The minimum Gasteiger partial charge on any atom is -0.507 e. The minimum atomic E-state index is -2.09. The Morgan fingerprint density at radius 2 is 1.73 bits per heavy atom. The smallest absolute Gasteiger partial charge is 0.351 e. The maximum atomic E-state index is 14.6. The number of aryl methyl sites for hydroxylation is 1. The van der Waals surface area contributed by atoms with Crippen LogP contribution < -0.4 is 26.8 Å². The third-order valence-electron chi connectivity index (χ3n) is 14.9. The molecule has 5 bridgehead atoms. The van der Waals surface area contributed by atoms with Gasteiger partial charge in [0.2, 0.25) is 0 Å². The van der Waals surface area contributed by atoms with E-state index >= 15 is 0 Å². The van der Waals surface area contributed by atoms with Crippen LogP contribution in [0.5, 0.6) is 23.0 Å². The first-order valence-electron chi connectivity index (χ1n) is 26.5. The fourth-order valence-electron chi connectivity index (χ4n) is 10.1. The van der Waals surface area contributed by atoms with Crippen molar-refractivity contribution in [2.75, 3.05) is 37.1 Å². The molecule has 2 aromatic carbocycles. The van der Waals surface area contributed by atoms with Crippen LogP contribution in [0.3, 0.4) is 0 Å². The quantitative estimate of drug-likeness (QED) is 0.0337. The van der Waals surface area contributed by atoms with Gasteiger partial charge < -0.3 is 70.3 Å². The summed E-state index contributed by atoms with van der Waals surface area (Å²) in [5, 5.41) is 72.7. The average Bonchev–Trinajstić information content (AvgIpc) is 3.99. The van der Waals surface area contributed by atoms with Crippen LogP contribution in [0.1, 0.15) is 101 Å². The Kier molecular flexibility index (Phi) is 19.9. The van der Waals surface area contributed by atoms with Crippen molar-refractivity contribution in [3.8, 4) is 23.0 Å². The number of aliphatic hydroxyl groups is 2. The third-order valence-corrected chi connectivity index (χ3v) is 16.0. The van der Waals surface area contributed by atoms with Crippen molar-refractivity contribution in [1.29, 1.82) is 0 Å². The van der Waals surface area contributed by atoms with Crippen molar-refractivity contribution in [2.45, 2.75) is 136 Å². The van der Waals surface area contributed by atoms with Gasteiger partial charge in [0, 0.05) is 91.8 Å². The van der Waals surface area contributed by atoms with Crippen LogP contribution in [-0.4, -0.2) is 135 Å². The van der Waals surface area contributed by atoms with Crippen LogP contribution in [-0.2, 0) is 57.6 Å². The van der Waals surface area contributed by atoms with Gasteiger partial charge in [0.1, 0.15) is 41.6 Å². The van der Waals surface area contributed by atoms with E-state index in [9.17, 15) is 53.9 Å². The van der Waals surface area contributed by atoms with Gasteiger partial charge in [0.05, 0.1) is 59.5 Å². The lowest BCUT2D eigenvalue weighted by atomic mass is 9.78. The van der Waals surface area contributed by atoms with Gasteiger partial charge in [-0.3, -0.25) is 28.4 Å². The SMILES string of the molecule is CO[C@H]1/C=C/O[C@@]2(C)Oc3c(C)c(O)c4c(O)c(c(CNCCCCCn5cc(CC(=O)OCC6OC(n7cc(F)c(N)nc7=O)CS6)nn5)c(O)c4c3C2=O)NC(=O)/C(C)=C\C=C\[C@H](C)[C@H](O)[C@@H](C)[C@@H](O)[C@@H](C)[C@H](OC(C)=O)[C@@H]1C. The summed E-state index contributed by atoms with van der Waals surface area (Å²) >= 11 is 1.28. The van der Waals surface area contributed by atoms with Gasteiger partial charge in [-0.15, -0.1) is 16.9 Å². The number of ether oxygens (including phenoxy) is 6. The lowest BCUT2D eigenvalue weighted by molar-refractivity contribution is -0.160. The zero-order valence-corrected chi connectivity index (χ0v) is 47.3. The van der Waals surface area contributed by atoms with Crippen LogP contribution in [0.2, 0.25) is 0 Å². The summed E-state index contributed by atoms with van der Waals surface area (Å²) in [6.07, 6.45) is 6.83. The van der Waals surface area contributed by atoms with E-state index in [0.29, 0.717) is 43.8 Å². The van der Waals surface area contributed by atoms with Gasteiger partial charge in [0.25, 0.3) is 11.7 Å². The number of phenolic OH excluding ortho intramolecular Hbond substituents is 3. The summed E-state index contributed by atoms with van der Waals surface area (Å²) in [4.78, 5) is 69.3. The molecule has 4 aromatic rings. The van der Waals surface area contributed by atoms with Gasteiger partial charge in [-0.25, -0.2) is 9.18 Å². The normalized spacial score (nSPS) is 27.8. The number of methoxy groups -OCH3 is 1. The van der Waals surface area contributed by atoms with Crippen LogP contribution >= 0.6 is 11.8 Å². The number of fused-ring (bicyclic) bond motifs is 14. The van der Waals surface area contributed by atoms with Gasteiger partial charge in [-0.1, -0.05) is 57.6 Å². The van der Waals surface area contributed by atoms with E-state index < -0.39 is 124 Å². The van der Waals surface area contributed by atoms with E-state index in [1.807, 2.05) is 0 Å². The number of hydrogen-bond acceptors (Lipinski definition) is 22. The first kappa shape index (κ1) is 61.5. The van der Waals surface area contributed by atoms with E-state index in [2.05, 4.69) is 25.9 Å². The fourth-order valence-corrected chi connectivity index (χ4v) is 11.1. The number of unbranched alkanes of at least 4 members (excludes halogenated alkanes) is 2. The predicted octanol–water partition coefficient (Wildman–Crippen LogP) is 4.96. The van der Waals surface area contributed by atoms with Crippen LogP contribution in [0.4, 0.5) is 15.9 Å². The molecule has 4 aliphatic heterocycles. The number of anilines is 2. The second-order valence-electron chi connectivity index (χ2n) is 20.8. The van der Waals surface area contributed by atoms with Crippen molar-refractivity contribution < 1.29 is 77.5 Å². The molecule has 2 aromatic heterocycles. The molecule has 11 atom stereocenters. The number of thioether (sulfide) groups is 1. The molecule has 0 radical (unpaired) electrons. The first-order chi connectivity index (χ1) is 38.4. The second kappa shape index (κ2) is 26.2. The number of nitrogens with one attached hydrogen (secondary N) is 2. The Morgan fingerprint density at radius 1 is 0.988 bits per heavy atom. The standard InChI is InChI=1S/C55H71FN8O16S/c1-26-14-13-15-27(2)53(73)59-43-34(21-58-17-11-10-12-18-63-22-33(61-62-63)20-38(66)76-24-39-79-37(25-81-39)64-23-35(56)52(57)60-54(64)74)47(70)40-41(48(43)71)46(69)31(6)50-42(40)51(72)55(8,80-50)77-19-16-36(75-9)28(3)49(78-32(7)65)30(5)45(68)29(4)44(26)67/h13-16,19,22-23,26,28-30,36-37,39,44-45,49,58,67-71H,10-12,17-18,20-21,24-25H2,1-9H3,(H,59,73)(H2,57,60,74)/b14-13+,19-16+,27-15-/t26-,28+,29+,30+,36-,37?,39?,44-,45+,49+,55-/m0/s1. The van der Waals surface area contributed by atoms with E-state index in [1.54, 1.807) is 50.7 Å². The molecule has 81 heavy (non-hydrogen) atoms. The molecule has 8 rings (SSSR count). The Morgan fingerprint density at radius 3 is 2.44 bits per heavy atom. The third kappa shape index (κ3) is 13.6. The second-order valence-corrected chi connectivity index (χ2v) is 22.0. The maximum Gasteiger partial charge on any atom is 0.351 e. The lowest BCUT2D eigenvalue weighted by Gasteiger charge is -2.38. The number of Topliss-reactive ketones (excluding diaryl/α,β-unsaturated/α-hetero) is 1. The molecule has 0 saturated carbocycles. The van der Waals surface area contributed by atoms with Gasteiger partial charge in [-0.2, -0.15) is 4.98 Å². The average molecular weight is 1150 g/mol. The summed E-state index contributed by atoms with van der Waals surface area (Å²) < 4.78 is 51.4.